The number of aromatic nitrogens is 2. The van der Waals surface area contributed by atoms with Gasteiger partial charge in [-0.3, -0.25) is 10.1 Å². The first kappa shape index (κ1) is 23.9. The van der Waals surface area contributed by atoms with Gasteiger partial charge in [0.2, 0.25) is 11.8 Å². The molecule has 4 rings (SSSR count). The second-order valence-electron chi connectivity index (χ2n) is 8.13. The smallest absolute Gasteiger partial charge is 0.341 e. The summed E-state index contributed by atoms with van der Waals surface area (Å²) in [6.45, 7) is 3.78. The Morgan fingerprint density at radius 3 is 2.56 bits per heavy atom. The fourth-order valence-electron chi connectivity index (χ4n) is 4.21. The Hall–Kier alpha value is -3.24. The minimum atomic E-state index is -0.483. The van der Waals surface area contributed by atoms with Gasteiger partial charge in [0.05, 0.1) is 25.8 Å². The van der Waals surface area contributed by atoms with Crippen LogP contribution in [0.2, 0.25) is 0 Å². The summed E-state index contributed by atoms with van der Waals surface area (Å²) in [4.78, 5) is 30.1. The molecule has 0 saturated heterocycles. The van der Waals surface area contributed by atoms with Crippen molar-refractivity contribution in [3.8, 4) is 16.9 Å². The predicted octanol–water partition coefficient (Wildman–Crippen LogP) is 4.29. The second-order valence-corrected chi connectivity index (χ2v) is 9.01. The van der Waals surface area contributed by atoms with Gasteiger partial charge in [0.25, 0.3) is 0 Å². The molecule has 9 nitrogen and oxygen atoms in total. The Bertz CT molecular complexity index is 1150. The summed E-state index contributed by atoms with van der Waals surface area (Å²) in [5.41, 5.74) is 1.39. The maximum Gasteiger partial charge on any atom is 0.341 e. The number of hydrogen-bond acceptors (Lipinski definition) is 9. The third-order valence-electron chi connectivity index (χ3n) is 5.92. The first-order chi connectivity index (χ1) is 16.5. The number of methoxy groups -OCH3 is 1. The highest BCUT2D eigenvalue weighted by Crippen LogP contribution is 2.38. The van der Waals surface area contributed by atoms with Crippen LogP contribution in [0.4, 0.5) is 5.00 Å². The average molecular weight is 485 g/mol. The Balaban J connectivity index is 1.52. The molecule has 2 heterocycles. The Morgan fingerprint density at radius 2 is 1.94 bits per heavy atom. The molecule has 0 unspecified atom stereocenters. The molecule has 2 N–H and O–H groups in total. The van der Waals surface area contributed by atoms with Crippen LogP contribution in [0.1, 0.15) is 54.7 Å². The van der Waals surface area contributed by atoms with Gasteiger partial charge in [-0.1, -0.05) is 30.1 Å². The first-order valence-corrected chi connectivity index (χ1v) is 12.1. The van der Waals surface area contributed by atoms with Crippen molar-refractivity contribution < 1.29 is 23.6 Å². The highest BCUT2D eigenvalue weighted by atomic mass is 32.1. The number of anilines is 1. The topological polar surface area (TPSA) is 116 Å². The molecule has 2 aromatic heterocycles. The number of benzene rings is 1. The van der Waals surface area contributed by atoms with Gasteiger partial charge < -0.3 is 19.3 Å². The van der Waals surface area contributed by atoms with Crippen molar-refractivity contribution in [2.45, 2.75) is 45.1 Å². The molecule has 3 aromatic rings. The standard InChI is InChI=1S/C24H28N4O5S/c1-4-32-22(30)20-18(16-7-9-17(31-3)10-8-16)14-34-21(20)27-19(29)13-25-24(11-5-6-12-24)23-26-15(2)33-28-23/h7-10,14,25H,4-6,11-13H2,1-3H3,(H,27,29). The molecule has 0 atom stereocenters. The fourth-order valence-corrected chi connectivity index (χ4v) is 5.18. The van der Waals surface area contributed by atoms with E-state index in [1.54, 1.807) is 21.0 Å². The maximum absolute atomic E-state index is 12.9. The lowest BCUT2D eigenvalue weighted by Crippen LogP contribution is -2.44. The molecule has 0 spiro atoms. The Morgan fingerprint density at radius 1 is 1.21 bits per heavy atom. The van der Waals surface area contributed by atoms with Crippen molar-refractivity contribution in [1.82, 2.24) is 15.5 Å². The van der Waals surface area contributed by atoms with Crippen molar-refractivity contribution in [3.05, 3.63) is 46.9 Å². The number of ether oxygens (including phenoxy) is 2. The average Bonchev–Trinajstić information content (AvgIpc) is 3.58. The van der Waals surface area contributed by atoms with Gasteiger partial charge in [0.1, 0.15) is 16.3 Å². The van der Waals surface area contributed by atoms with Crippen LogP contribution in [-0.2, 0) is 15.1 Å². The molecule has 1 saturated carbocycles. The number of nitrogens with zero attached hydrogens (tertiary/aromatic N) is 2. The highest BCUT2D eigenvalue weighted by Gasteiger charge is 2.40. The molecule has 10 heteroatoms. The maximum atomic E-state index is 12.9. The van der Waals surface area contributed by atoms with Crippen LogP contribution in [0.5, 0.6) is 5.75 Å². The van der Waals surface area contributed by atoms with Crippen LogP contribution in [0.15, 0.2) is 34.2 Å². The lowest BCUT2D eigenvalue weighted by atomic mass is 9.96. The van der Waals surface area contributed by atoms with Gasteiger partial charge in [0.15, 0.2) is 5.82 Å². The number of carbonyl (C=O) groups is 2. The lowest BCUT2D eigenvalue weighted by molar-refractivity contribution is -0.115. The molecule has 1 amide bonds. The van der Waals surface area contributed by atoms with Gasteiger partial charge in [-0.25, -0.2) is 4.79 Å². The van der Waals surface area contributed by atoms with Crippen molar-refractivity contribution in [1.29, 1.82) is 0 Å². The van der Waals surface area contributed by atoms with Gasteiger partial charge >= 0.3 is 5.97 Å². The van der Waals surface area contributed by atoms with Gasteiger partial charge in [-0.2, -0.15) is 4.98 Å². The Kier molecular flexibility index (Phi) is 7.28. The largest absolute Gasteiger partial charge is 0.497 e. The van der Waals surface area contributed by atoms with E-state index in [-0.39, 0.29) is 19.1 Å². The molecular weight excluding hydrogens is 456 g/mol. The molecule has 1 aliphatic rings. The molecular formula is C24H28N4O5S. The van der Waals surface area contributed by atoms with E-state index in [9.17, 15) is 9.59 Å². The lowest BCUT2D eigenvalue weighted by Gasteiger charge is -2.26. The number of hydrogen-bond donors (Lipinski definition) is 2. The molecule has 1 aromatic carbocycles. The van der Waals surface area contributed by atoms with Crippen LogP contribution >= 0.6 is 11.3 Å². The monoisotopic (exact) mass is 484 g/mol. The SMILES string of the molecule is CCOC(=O)c1c(-c2ccc(OC)cc2)csc1NC(=O)CNC1(c2noc(C)n2)CCCC1. The minimum Gasteiger partial charge on any atom is -0.497 e. The van der Waals surface area contributed by atoms with E-state index in [4.69, 9.17) is 14.0 Å². The van der Waals surface area contributed by atoms with Crippen molar-refractivity contribution in [3.63, 3.8) is 0 Å². The quantitative estimate of drug-likeness (QED) is 0.432. The molecule has 1 fully saturated rings. The van der Waals surface area contributed by atoms with E-state index in [1.165, 1.54) is 11.3 Å². The fraction of sp³-hybridized carbons (Fsp3) is 0.417. The summed E-state index contributed by atoms with van der Waals surface area (Å²) in [7, 11) is 1.60. The van der Waals surface area contributed by atoms with Gasteiger partial charge in [-0.05, 0) is 37.5 Å². The second kappa shape index (κ2) is 10.4. The number of aryl methyl sites for hydroxylation is 1. The van der Waals surface area contributed by atoms with Crippen molar-refractivity contribution in [2.75, 3.05) is 25.6 Å². The van der Waals surface area contributed by atoms with Crippen LogP contribution in [0.25, 0.3) is 11.1 Å². The van der Waals surface area contributed by atoms with E-state index in [2.05, 4.69) is 20.8 Å². The summed E-state index contributed by atoms with van der Waals surface area (Å²) in [6.07, 6.45) is 3.69. The van der Waals surface area contributed by atoms with Gasteiger partial charge in [0, 0.05) is 17.9 Å². The number of nitrogens with one attached hydrogen (secondary N) is 2. The first-order valence-electron chi connectivity index (χ1n) is 11.2. The van der Waals surface area contributed by atoms with E-state index in [0.29, 0.717) is 33.6 Å². The van der Waals surface area contributed by atoms with Crippen LogP contribution in [-0.4, -0.2) is 42.3 Å². The van der Waals surface area contributed by atoms with E-state index in [1.807, 2.05) is 29.6 Å². The summed E-state index contributed by atoms with van der Waals surface area (Å²) < 4.78 is 15.7. The van der Waals surface area contributed by atoms with Crippen LogP contribution < -0.4 is 15.4 Å². The van der Waals surface area contributed by atoms with E-state index < -0.39 is 11.5 Å². The minimum absolute atomic E-state index is 0.0472. The molecule has 0 radical (unpaired) electrons. The van der Waals surface area contributed by atoms with Crippen molar-refractivity contribution >= 4 is 28.2 Å². The third kappa shape index (κ3) is 4.97. The number of thiophene rings is 1. The van der Waals surface area contributed by atoms with E-state index in [0.717, 1.165) is 31.2 Å². The van der Waals surface area contributed by atoms with Crippen LogP contribution in [0, 0.1) is 6.92 Å². The molecule has 1 aliphatic carbocycles. The zero-order chi connectivity index (χ0) is 24.1. The molecule has 180 valence electrons. The molecule has 0 aliphatic heterocycles. The number of esters is 1. The summed E-state index contributed by atoms with van der Waals surface area (Å²) in [5.74, 6) is 1.05. The number of rotatable bonds is 9. The zero-order valence-electron chi connectivity index (χ0n) is 19.5. The van der Waals surface area contributed by atoms with E-state index >= 15 is 0 Å². The normalized spacial score (nSPS) is 14.7. The summed E-state index contributed by atoms with van der Waals surface area (Å²) >= 11 is 1.29. The molecule has 34 heavy (non-hydrogen) atoms. The summed E-state index contributed by atoms with van der Waals surface area (Å²) in [6, 6.07) is 7.39. The zero-order valence-corrected chi connectivity index (χ0v) is 20.3. The highest BCUT2D eigenvalue weighted by molar-refractivity contribution is 7.15. The van der Waals surface area contributed by atoms with Crippen molar-refractivity contribution in [2.24, 2.45) is 0 Å². The number of carbonyl (C=O) groups excluding carboxylic acids is 2. The Labute approximate surface area is 201 Å². The van der Waals surface area contributed by atoms with Gasteiger partial charge in [-0.15, -0.1) is 11.3 Å². The van der Waals surface area contributed by atoms with Crippen LogP contribution in [0.3, 0.4) is 0 Å². The summed E-state index contributed by atoms with van der Waals surface area (Å²) in [5, 5.41) is 12.6. The third-order valence-corrected chi connectivity index (χ3v) is 6.82. The predicted molar refractivity (Wildman–Crippen MR) is 128 cm³/mol. The molecule has 0 bridgehead atoms. The number of amides is 1.